The molecule has 0 radical (unpaired) electrons. The van der Waals surface area contributed by atoms with E-state index in [1.165, 1.54) is 0 Å². The summed E-state index contributed by atoms with van der Waals surface area (Å²) in [6.45, 7) is 7.63. The molecule has 0 aliphatic carbocycles. The molecule has 2 amide bonds. The van der Waals surface area contributed by atoms with E-state index in [4.69, 9.17) is 11.6 Å². The van der Waals surface area contributed by atoms with Crippen LogP contribution in [0.25, 0.3) is 11.1 Å². The highest BCUT2D eigenvalue weighted by atomic mass is 35.5. The van der Waals surface area contributed by atoms with E-state index < -0.39 is 0 Å². The molecule has 2 N–H and O–H groups in total. The molecule has 0 saturated heterocycles. The van der Waals surface area contributed by atoms with Crippen molar-refractivity contribution < 1.29 is 9.59 Å². The van der Waals surface area contributed by atoms with Crippen LogP contribution in [0, 0.1) is 39.0 Å². The van der Waals surface area contributed by atoms with E-state index in [0.29, 0.717) is 43.8 Å². The fourth-order valence-electron chi connectivity index (χ4n) is 4.12. The molecular formula is C31H27ClN4O2S. The number of nitrogens with one attached hydrogen (secondary N) is 2. The molecule has 0 atom stereocenters. The van der Waals surface area contributed by atoms with Crippen LogP contribution in [0.4, 0.5) is 11.4 Å². The smallest absolute Gasteiger partial charge is 0.258 e. The third-order valence-corrected chi connectivity index (χ3v) is 7.57. The summed E-state index contributed by atoms with van der Waals surface area (Å²) in [5, 5.41) is 17.0. The lowest BCUT2D eigenvalue weighted by Gasteiger charge is -2.18. The average molecular weight is 555 g/mol. The molecule has 6 nitrogen and oxygen atoms in total. The van der Waals surface area contributed by atoms with Crippen LogP contribution in [0.1, 0.15) is 38.3 Å². The number of benzene rings is 3. The number of aryl methyl sites for hydroxylation is 4. The maximum absolute atomic E-state index is 13.6. The third-order valence-electron chi connectivity index (χ3n) is 6.34. The topological polar surface area (TPSA) is 94.9 Å². The number of hydrogen-bond acceptors (Lipinski definition) is 5. The van der Waals surface area contributed by atoms with Crippen molar-refractivity contribution in [3.63, 3.8) is 0 Å². The van der Waals surface area contributed by atoms with Gasteiger partial charge < -0.3 is 10.6 Å². The zero-order valence-corrected chi connectivity index (χ0v) is 23.6. The molecular weight excluding hydrogens is 528 g/mol. The fraction of sp³-hybridized carbons (Fsp3) is 0.161. The molecule has 0 spiro atoms. The Morgan fingerprint density at radius 3 is 2.31 bits per heavy atom. The lowest BCUT2D eigenvalue weighted by molar-refractivity contribution is -0.113. The molecule has 0 aliphatic heterocycles. The minimum Gasteiger partial charge on any atom is -0.325 e. The van der Waals surface area contributed by atoms with E-state index in [1.807, 2.05) is 63.2 Å². The van der Waals surface area contributed by atoms with Gasteiger partial charge in [-0.2, -0.15) is 5.26 Å². The Morgan fingerprint density at radius 2 is 1.64 bits per heavy atom. The molecule has 0 unspecified atom stereocenters. The molecule has 8 heteroatoms. The Bertz CT molecular complexity index is 1610. The molecule has 3 aromatic carbocycles. The van der Waals surface area contributed by atoms with Gasteiger partial charge in [0.2, 0.25) is 5.91 Å². The maximum Gasteiger partial charge on any atom is 0.258 e. The van der Waals surface area contributed by atoms with E-state index in [-0.39, 0.29) is 23.1 Å². The summed E-state index contributed by atoms with van der Waals surface area (Å²) in [4.78, 5) is 30.9. The van der Waals surface area contributed by atoms with Crippen LogP contribution in [0.3, 0.4) is 0 Å². The minimum atomic E-state index is -0.375. The van der Waals surface area contributed by atoms with Gasteiger partial charge in [0, 0.05) is 22.0 Å². The first kappa shape index (κ1) is 27.9. The Hall–Kier alpha value is -4.12. The highest BCUT2D eigenvalue weighted by Gasteiger charge is 2.25. The second-order valence-corrected chi connectivity index (χ2v) is 10.6. The van der Waals surface area contributed by atoms with Gasteiger partial charge in [0.05, 0.1) is 22.6 Å². The van der Waals surface area contributed by atoms with Crippen molar-refractivity contribution in [1.82, 2.24) is 4.98 Å². The summed E-state index contributed by atoms with van der Waals surface area (Å²) in [5.41, 5.74) is 6.57. The Balaban J connectivity index is 1.70. The number of amides is 2. The van der Waals surface area contributed by atoms with Crippen LogP contribution in [0.5, 0.6) is 0 Å². The monoisotopic (exact) mass is 554 g/mol. The Kier molecular flexibility index (Phi) is 8.70. The number of nitrogens with zero attached hydrogens (tertiary/aromatic N) is 2. The fourth-order valence-corrected chi connectivity index (χ4v) is 5.08. The van der Waals surface area contributed by atoms with Crippen molar-refractivity contribution in [2.75, 3.05) is 16.4 Å². The number of thioether (sulfide) groups is 1. The van der Waals surface area contributed by atoms with E-state index in [2.05, 4.69) is 21.7 Å². The highest BCUT2D eigenvalue weighted by molar-refractivity contribution is 8.00. The van der Waals surface area contributed by atoms with Crippen molar-refractivity contribution in [3.05, 3.63) is 105 Å². The maximum atomic E-state index is 13.6. The lowest BCUT2D eigenvalue weighted by atomic mass is 9.94. The lowest BCUT2D eigenvalue weighted by Crippen LogP contribution is -2.18. The number of rotatable bonds is 7. The van der Waals surface area contributed by atoms with Gasteiger partial charge in [-0.05, 0) is 80.3 Å². The van der Waals surface area contributed by atoms with Crippen molar-refractivity contribution in [2.45, 2.75) is 32.7 Å². The van der Waals surface area contributed by atoms with Crippen LogP contribution >= 0.6 is 23.4 Å². The van der Waals surface area contributed by atoms with E-state index in [1.54, 1.807) is 31.2 Å². The number of halogens is 1. The number of anilines is 2. The number of para-hydroxylation sites is 1. The van der Waals surface area contributed by atoms with Gasteiger partial charge in [-0.15, -0.1) is 0 Å². The molecule has 0 saturated carbocycles. The van der Waals surface area contributed by atoms with E-state index in [0.717, 1.165) is 28.5 Å². The zero-order valence-electron chi connectivity index (χ0n) is 22.1. The van der Waals surface area contributed by atoms with Crippen LogP contribution < -0.4 is 10.6 Å². The van der Waals surface area contributed by atoms with Gasteiger partial charge in [-0.3, -0.25) is 9.59 Å². The normalized spacial score (nSPS) is 10.6. The number of carbonyl (C=O) groups excluding carboxylic acids is 2. The third kappa shape index (κ3) is 6.48. The van der Waals surface area contributed by atoms with Gasteiger partial charge >= 0.3 is 0 Å². The predicted octanol–water partition coefficient (Wildman–Crippen LogP) is 7.49. The van der Waals surface area contributed by atoms with Crippen LogP contribution in [-0.4, -0.2) is 22.6 Å². The number of pyridine rings is 1. The van der Waals surface area contributed by atoms with Crippen molar-refractivity contribution in [1.29, 1.82) is 5.26 Å². The Labute approximate surface area is 237 Å². The first-order valence-corrected chi connectivity index (χ1v) is 13.6. The average Bonchev–Trinajstić information content (AvgIpc) is 2.91. The molecule has 4 aromatic rings. The molecule has 4 rings (SSSR count). The van der Waals surface area contributed by atoms with Crippen molar-refractivity contribution in [3.8, 4) is 17.2 Å². The second-order valence-electron chi connectivity index (χ2n) is 9.15. The summed E-state index contributed by atoms with van der Waals surface area (Å²) >= 11 is 7.28. The second kappa shape index (κ2) is 12.2. The summed E-state index contributed by atoms with van der Waals surface area (Å²) in [6, 6.07) is 22.4. The summed E-state index contributed by atoms with van der Waals surface area (Å²) < 4.78 is 0. The quantitative estimate of drug-likeness (QED) is 0.231. The molecule has 1 heterocycles. The predicted molar refractivity (Wildman–Crippen MR) is 159 cm³/mol. The van der Waals surface area contributed by atoms with Crippen LogP contribution in [0.2, 0.25) is 5.02 Å². The zero-order chi connectivity index (χ0) is 28.1. The number of carbonyl (C=O) groups is 2. The summed E-state index contributed by atoms with van der Waals surface area (Å²) in [7, 11) is 0. The molecule has 39 heavy (non-hydrogen) atoms. The highest BCUT2D eigenvalue weighted by Crippen LogP contribution is 2.36. The number of hydrogen-bond donors (Lipinski definition) is 2. The molecule has 0 fully saturated rings. The van der Waals surface area contributed by atoms with Gasteiger partial charge in [-0.1, -0.05) is 59.8 Å². The minimum absolute atomic E-state index is 0.0445. The van der Waals surface area contributed by atoms with E-state index in [9.17, 15) is 14.9 Å². The van der Waals surface area contributed by atoms with Gasteiger partial charge in [0.25, 0.3) is 5.91 Å². The standard InChI is InChI=1S/C31H27ClN4O2S/c1-18-9-14-24(15-20(18)3)35-27(37)17-39-31-25(16-33)29(22-10-12-23(32)13-11-22)28(21(4)34-31)30(38)36-26-8-6-5-7-19(26)2/h5-15H,17H2,1-4H3,(H,35,37)(H,36,38). The van der Waals surface area contributed by atoms with Crippen molar-refractivity contribution in [2.24, 2.45) is 0 Å². The number of aromatic nitrogens is 1. The number of nitriles is 1. The largest absolute Gasteiger partial charge is 0.325 e. The molecule has 0 aliphatic rings. The molecule has 0 bridgehead atoms. The van der Waals surface area contributed by atoms with Gasteiger partial charge in [0.15, 0.2) is 0 Å². The SMILES string of the molecule is Cc1ccc(NC(=O)CSc2nc(C)c(C(=O)Nc3ccccc3C)c(-c3ccc(Cl)cc3)c2C#N)cc1C. The van der Waals surface area contributed by atoms with Crippen LogP contribution in [0.15, 0.2) is 71.8 Å². The van der Waals surface area contributed by atoms with Gasteiger partial charge in [-0.25, -0.2) is 4.98 Å². The summed E-state index contributed by atoms with van der Waals surface area (Å²) in [5.74, 6) is -0.552. The molecule has 196 valence electrons. The van der Waals surface area contributed by atoms with Crippen molar-refractivity contribution >= 4 is 46.6 Å². The molecule has 1 aromatic heterocycles. The first-order valence-electron chi connectivity index (χ1n) is 12.3. The first-order chi connectivity index (χ1) is 18.7. The summed E-state index contributed by atoms with van der Waals surface area (Å²) in [6.07, 6.45) is 0. The van der Waals surface area contributed by atoms with E-state index >= 15 is 0 Å². The Morgan fingerprint density at radius 1 is 0.923 bits per heavy atom. The van der Waals surface area contributed by atoms with Gasteiger partial charge in [0.1, 0.15) is 11.1 Å². The van der Waals surface area contributed by atoms with Crippen LogP contribution in [-0.2, 0) is 4.79 Å².